The molecule has 0 spiro atoms. The van der Waals surface area contributed by atoms with E-state index in [-0.39, 0.29) is 5.69 Å². The summed E-state index contributed by atoms with van der Waals surface area (Å²) in [6.45, 7) is 0.735. The molecule has 0 fully saturated rings. The minimum atomic E-state index is -0.151. The number of hydrogen-bond donors (Lipinski definition) is 0. The Balaban J connectivity index is 2.35. The zero-order valence-corrected chi connectivity index (χ0v) is 8.18. The quantitative estimate of drug-likeness (QED) is 0.642. The molecular weight excluding hydrogens is 188 g/mol. The van der Waals surface area contributed by atoms with E-state index in [9.17, 15) is 4.79 Å². The van der Waals surface area contributed by atoms with Crippen molar-refractivity contribution < 1.29 is 0 Å². The maximum Gasteiger partial charge on any atom is 0.347 e. The van der Waals surface area contributed by atoms with Gasteiger partial charge >= 0.3 is 5.69 Å². The molecule has 0 bridgehead atoms. The molecule has 74 valence electrons. The van der Waals surface area contributed by atoms with Crippen LogP contribution in [0.25, 0.3) is 11.3 Å². The van der Waals surface area contributed by atoms with Crippen molar-refractivity contribution >= 4 is 0 Å². The molecule has 1 aromatic carbocycles. The normalized spacial score (nSPS) is 13.1. The second-order valence-electron chi connectivity index (χ2n) is 3.67. The summed E-state index contributed by atoms with van der Waals surface area (Å²) in [5.74, 6) is 0. The van der Waals surface area contributed by atoms with E-state index in [1.807, 2.05) is 18.2 Å². The summed E-state index contributed by atoms with van der Waals surface area (Å²) in [6, 6.07) is 10.1. The number of nitrogens with zero attached hydrogens (tertiary/aromatic N) is 2. The first-order chi connectivity index (χ1) is 7.36. The summed E-state index contributed by atoms with van der Waals surface area (Å²) in [4.78, 5) is 15.3. The van der Waals surface area contributed by atoms with Gasteiger partial charge in [0.05, 0.1) is 5.69 Å². The van der Waals surface area contributed by atoms with Crippen molar-refractivity contribution in [2.75, 3.05) is 0 Å². The molecule has 0 unspecified atom stereocenters. The molecule has 1 aliphatic heterocycles. The van der Waals surface area contributed by atoms with Gasteiger partial charge in [-0.05, 0) is 18.1 Å². The van der Waals surface area contributed by atoms with Crippen molar-refractivity contribution in [3.8, 4) is 11.3 Å². The van der Waals surface area contributed by atoms with Gasteiger partial charge in [-0.3, -0.25) is 4.57 Å². The fourth-order valence-electron chi connectivity index (χ4n) is 2.11. The van der Waals surface area contributed by atoms with E-state index >= 15 is 0 Å². The minimum Gasteiger partial charge on any atom is -0.292 e. The standard InChI is InChI=1S/C12H10N2O/c15-12-13-7-5-11-10-4-2-1-3-9(10)6-8-14(11)12/h1-5,7H,6,8H2. The third-order valence-electron chi connectivity index (χ3n) is 2.84. The van der Waals surface area contributed by atoms with E-state index in [0.29, 0.717) is 0 Å². The molecule has 15 heavy (non-hydrogen) atoms. The summed E-state index contributed by atoms with van der Waals surface area (Å²) in [5, 5.41) is 0. The van der Waals surface area contributed by atoms with Crippen LogP contribution >= 0.6 is 0 Å². The van der Waals surface area contributed by atoms with Crippen molar-refractivity contribution in [1.82, 2.24) is 9.55 Å². The average molecular weight is 198 g/mol. The van der Waals surface area contributed by atoms with Gasteiger partial charge in [0.25, 0.3) is 0 Å². The van der Waals surface area contributed by atoms with Gasteiger partial charge in [0, 0.05) is 18.3 Å². The highest BCUT2D eigenvalue weighted by Gasteiger charge is 2.15. The smallest absolute Gasteiger partial charge is 0.292 e. The van der Waals surface area contributed by atoms with Gasteiger partial charge < -0.3 is 0 Å². The van der Waals surface area contributed by atoms with Crippen molar-refractivity contribution in [2.24, 2.45) is 0 Å². The molecule has 3 rings (SSSR count). The molecule has 0 aliphatic carbocycles. The minimum absolute atomic E-state index is 0.151. The Morgan fingerprint density at radius 2 is 2.07 bits per heavy atom. The van der Waals surface area contributed by atoms with Gasteiger partial charge in [0.2, 0.25) is 0 Å². The number of benzene rings is 1. The lowest BCUT2D eigenvalue weighted by atomic mass is 9.98. The van der Waals surface area contributed by atoms with Gasteiger partial charge in [-0.1, -0.05) is 24.3 Å². The molecule has 2 heterocycles. The molecule has 1 aliphatic rings. The Morgan fingerprint density at radius 3 is 3.00 bits per heavy atom. The monoisotopic (exact) mass is 198 g/mol. The SMILES string of the molecule is O=c1nccc2n1CCc1ccccc1-2. The van der Waals surface area contributed by atoms with Crippen molar-refractivity contribution in [2.45, 2.75) is 13.0 Å². The second kappa shape index (κ2) is 3.05. The predicted octanol–water partition coefficient (Wildman–Crippen LogP) is 1.47. The Bertz CT molecular complexity index is 572. The van der Waals surface area contributed by atoms with E-state index in [1.54, 1.807) is 10.8 Å². The number of hydrogen-bond acceptors (Lipinski definition) is 2. The van der Waals surface area contributed by atoms with Crippen LogP contribution in [0.5, 0.6) is 0 Å². The van der Waals surface area contributed by atoms with Crippen LogP contribution in [0.2, 0.25) is 0 Å². The van der Waals surface area contributed by atoms with Gasteiger partial charge in [0.1, 0.15) is 0 Å². The third kappa shape index (κ3) is 1.20. The molecule has 0 radical (unpaired) electrons. The number of rotatable bonds is 0. The Labute approximate surface area is 87.0 Å². The van der Waals surface area contributed by atoms with Crippen LogP contribution in [0.3, 0.4) is 0 Å². The van der Waals surface area contributed by atoms with Gasteiger partial charge in [-0.25, -0.2) is 9.78 Å². The number of aromatic nitrogens is 2. The van der Waals surface area contributed by atoms with Gasteiger partial charge in [0.15, 0.2) is 0 Å². The number of fused-ring (bicyclic) bond motifs is 3. The van der Waals surface area contributed by atoms with E-state index in [4.69, 9.17) is 0 Å². The highest BCUT2D eigenvalue weighted by molar-refractivity contribution is 5.65. The summed E-state index contributed by atoms with van der Waals surface area (Å²) < 4.78 is 1.74. The maximum atomic E-state index is 11.5. The lowest BCUT2D eigenvalue weighted by molar-refractivity contribution is 0.640. The molecule has 3 nitrogen and oxygen atoms in total. The Kier molecular flexibility index (Phi) is 1.71. The van der Waals surface area contributed by atoms with Gasteiger partial charge in [-0.15, -0.1) is 0 Å². The Hall–Kier alpha value is -1.90. The second-order valence-corrected chi connectivity index (χ2v) is 3.67. The van der Waals surface area contributed by atoms with Crippen LogP contribution in [-0.4, -0.2) is 9.55 Å². The molecule has 0 atom stereocenters. The summed E-state index contributed by atoms with van der Waals surface area (Å²) >= 11 is 0. The molecule has 3 heteroatoms. The summed E-state index contributed by atoms with van der Waals surface area (Å²) in [6.07, 6.45) is 2.49. The van der Waals surface area contributed by atoms with Crippen LogP contribution in [0.1, 0.15) is 5.56 Å². The van der Waals surface area contributed by atoms with Crippen LogP contribution in [-0.2, 0) is 13.0 Å². The molecule has 0 amide bonds. The molecule has 0 saturated carbocycles. The zero-order valence-electron chi connectivity index (χ0n) is 8.18. The average Bonchev–Trinajstić information content (AvgIpc) is 2.29. The highest BCUT2D eigenvalue weighted by Crippen LogP contribution is 2.26. The predicted molar refractivity (Wildman–Crippen MR) is 57.6 cm³/mol. The first kappa shape index (κ1) is 8.41. The van der Waals surface area contributed by atoms with E-state index < -0.39 is 0 Å². The molecule has 1 aromatic heterocycles. The first-order valence-electron chi connectivity index (χ1n) is 5.00. The van der Waals surface area contributed by atoms with Crippen LogP contribution < -0.4 is 5.69 Å². The largest absolute Gasteiger partial charge is 0.347 e. The molecular formula is C12H10N2O. The van der Waals surface area contributed by atoms with Gasteiger partial charge in [-0.2, -0.15) is 0 Å². The first-order valence-corrected chi connectivity index (χ1v) is 5.00. The summed E-state index contributed by atoms with van der Waals surface area (Å²) in [5.41, 5.74) is 3.30. The highest BCUT2D eigenvalue weighted by atomic mass is 16.1. The van der Waals surface area contributed by atoms with E-state index in [0.717, 1.165) is 24.2 Å². The third-order valence-corrected chi connectivity index (χ3v) is 2.84. The van der Waals surface area contributed by atoms with Crippen LogP contribution in [0.15, 0.2) is 41.3 Å². The lowest BCUT2D eigenvalue weighted by Gasteiger charge is -2.20. The topological polar surface area (TPSA) is 34.9 Å². The fraction of sp³-hybridized carbons (Fsp3) is 0.167. The Morgan fingerprint density at radius 1 is 1.20 bits per heavy atom. The lowest BCUT2D eigenvalue weighted by Crippen LogP contribution is -2.27. The summed E-state index contributed by atoms with van der Waals surface area (Å²) in [7, 11) is 0. The van der Waals surface area contributed by atoms with Crippen molar-refractivity contribution in [3.63, 3.8) is 0 Å². The van der Waals surface area contributed by atoms with Crippen molar-refractivity contribution in [3.05, 3.63) is 52.6 Å². The maximum absolute atomic E-state index is 11.5. The van der Waals surface area contributed by atoms with Crippen LogP contribution in [0, 0.1) is 0 Å². The van der Waals surface area contributed by atoms with E-state index in [1.165, 1.54) is 5.56 Å². The zero-order chi connectivity index (χ0) is 10.3. The van der Waals surface area contributed by atoms with Crippen molar-refractivity contribution in [1.29, 1.82) is 0 Å². The fourth-order valence-corrected chi connectivity index (χ4v) is 2.11. The van der Waals surface area contributed by atoms with E-state index in [2.05, 4.69) is 17.1 Å². The molecule has 0 N–H and O–H groups in total. The number of aryl methyl sites for hydroxylation is 1. The van der Waals surface area contributed by atoms with Crippen LogP contribution in [0.4, 0.5) is 0 Å². The molecule has 0 saturated heterocycles. The molecule has 2 aromatic rings.